The molecule has 5 aromatic rings. The molecule has 0 bridgehead atoms. The molecule has 0 radical (unpaired) electrons. The van der Waals surface area contributed by atoms with Crippen molar-refractivity contribution in [3.8, 4) is 5.69 Å². The van der Waals surface area contributed by atoms with Crippen LogP contribution in [0.2, 0.25) is 0 Å². The Kier molecular flexibility index (Phi) is 4.71. The Morgan fingerprint density at radius 3 is 2.97 bits per heavy atom. The van der Waals surface area contributed by atoms with E-state index in [9.17, 15) is 9.59 Å². The minimum atomic E-state index is -0.334. The van der Waals surface area contributed by atoms with Gasteiger partial charge in [0, 0.05) is 18.0 Å². The van der Waals surface area contributed by atoms with Gasteiger partial charge in [-0.25, -0.2) is 4.98 Å². The highest BCUT2D eigenvalue weighted by atomic mass is 32.2. The van der Waals surface area contributed by atoms with Crippen molar-refractivity contribution in [2.24, 2.45) is 0 Å². The molecule has 31 heavy (non-hydrogen) atoms. The number of tetrazole rings is 1. The number of carbonyl (C=O) groups excluding carboxylic acids is 1. The van der Waals surface area contributed by atoms with Gasteiger partial charge in [0.2, 0.25) is 16.6 Å². The molecule has 0 aliphatic rings. The van der Waals surface area contributed by atoms with Crippen LogP contribution in [0.3, 0.4) is 0 Å². The Labute approximate surface area is 178 Å². The summed E-state index contributed by atoms with van der Waals surface area (Å²) in [4.78, 5) is 31.1. The van der Waals surface area contributed by atoms with Crippen molar-refractivity contribution in [2.45, 2.75) is 17.8 Å². The predicted molar refractivity (Wildman–Crippen MR) is 115 cm³/mol. The molecule has 0 fully saturated rings. The summed E-state index contributed by atoms with van der Waals surface area (Å²) >= 11 is 1.32. The molecular weight excluding hydrogens is 418 g/mol. The topological polar surface area (TPSA) is 132 Å². The molecule has 1 amide bonds. The van der Waals surface area contributed by atoms with Crippen LogP contribution in [-0.2, 0) is 10.5 Å². The van der Waals surface area contributed by atoms with E-state index >= 15 is 0 Å². The van der Waals surface area contributed by atoms with E-state index in [0.29, 0.717) is 39.2 Å². The standard InChI is InChI=1S/C20H15N7O3S/c1-11(28)21-12-5-4-6-13(9-12)27-20(24-25-26-27)31-10-16-22-17-14-7-2-3-8-15(14)30-18(17)19(29)23-16/h2-9H,10H2,1H3,(H,21,28)(H,22,23,29). The third-order valence-electron chi connectivity index (χ3n) is 4.47. The summed E-state index contributed by atoms with van der Waals surface area (Å²) in [7, 11) is 0. The third kappa shape index (κ3) is 3.66. The molecule has 0 aliphatic heterocycles. The number of anilines is 1. The van der Waals surface area contributed by atoms with Gasteiger partial charge in [-0.05, 0) is 40.8 Å². The van der Waals surface area contributed by atoms with Crippen LogP contribution in [0.1, 0.15) is 12.7 Å². The molecule has 154 valence electrons. The SMILES string of the molecule is CC(=O)Nc1cccc(-n2nnnc2SCc2nc3c(oc4ccccc43)c(=O)[nH]2)c1. The zero-order valence-electron chi connectivity index (χ0n) is 16.2. The number of hydrogen-bond donors (Lipinski definition) is 2. The van der Waals surface area contributed by atoms with Crippen molar-refractivity contribution >= 4 is 45.4 Å². The minimum absolute atomic E-state index is 0.166. The zero-order valence-corrected chi connectivity index (χ0v) is 17.0. The number of H-pyrrole nitrogens is 1. The van der Waals surface area contributed by atoms with Crippen molar-refractivity contribution in [1.82, 2.24) is 30.2 Å². The van der Waals surface area contributed by atoms with E-state index in [0.717, 1.165) is 5.39 Å². The zero-order chi connectivity index (χ0) is 21.4. The molecule has 3 heterocycles. The second kappa shape index (κ2) is 7.69. The number of hydrogen-bond acceptors (Lipinski definition) is 8. The quantitative estimate of drug-likeness (QED) is 0.405. The molecule has 3 aromatic heterocycles. The Balaban J connectivity index is 1.43. The average Bonchev–Trinajstić information content (AvgIpc) is 3.37. The molecular formula is C20H15N7O3S. The van der Waals surface area contributed by atoms with Gasteiger partial charge in [0.1, 0.15) is 16.9 Å². The first kappa shape index (κ1) is 19.0. The number of benzene rings is 2. The van der Waals surface area contributed by atoms with E-state index in [2.05, 4.69) is 30.8 Å². The number of carbonyl (C=O) groups is 1. The fourth-order valence-corrected chi connectivity index (χ4v) is 3.96. The van der Waals surface area contributed by atoms with E-state index in [4.69, 9.17) is 4.42 Å². The van der Waals surface area contributed by atoms with Gasteiger partial charge >= 0.3 is 0 Å². The van der Waals surface area contributed by atoms with Gasteiger partial charge in [0.25, 0.3) is 5.56 Å². The number of fused-ring (bicyclic) bond motifs is 3. The fraction of sp³-hybridized carbons (Fsp3) is 0.100. The number of para-hydroxylation sites is 1. The van der Waals surface area contributed by atoms with Gasteiger partial charge < -0.3 is 14.7 Å². The molecule has 2 aromatic carbocycles. The third-order valence-corrected chi connectivity index (χ3v) is 5.40. The molecule has 0 atom stereocenters. The van der Waals surface area contributed by atoms with Crippen molar-refractivity contribution in [1.29, 1.82) is 0 Å². The van der Waals surface area contributed by atoms with E-state index < -0.39 is 0 Å². The highest BCUT2D eigenvalue weighted by Gasteiger charge is 2.15. The monoisotopic (exact) mass is 433 g/mol. The number of furan rings is 1. The number of amides is 1. The van der Waals surface area contributed by atoms with Crippen molar-refractivity contribution in [2.75, 3.05) is 5.32 Å². The van der Waals surface area contributed by atoms with Crippen molar-refractivity contribution in [3.63, 3.8) is 0 Å². The van der Waals surface area contributed by atoms with Crippen LogP contribution >= 0.6 is 11.8 Å². The number of aromatic amines is 1. The lowest BCUT2D eigenvalue weighted by Crippen LogP contribution is -2.10. The smallest absolute Gasteiger partial charge is 0.294 e. The normalized spacial score (nSPS) is 11.3. The molecule has 2 N–H and O–H groups in total. The second-order valence-corrected chi connectivity index (χ2v) is 7.62. The average molecular weight is 433 g/mol. The maximum Gasteiger partial charge on any atom is 0.294 e. The Morgan fingerprint density at radius 1 is 1.23 bits per heavy atom. The number of nitrogens with zero attached hydrogens (tertiary/aromatic N) is 5. The van der Waals surface area contributed by atoms with Crippen molar-refractivity contribution < 1.29 is 9.21 Å². The summed E-state index contributed by atoms with van der Waals surface area (Å²) in [5, 5.41) is 15.9. The van der Waals surface area contributed by atoms with Gasteiger partial charge in [-0.15, -0.1) is 5.10 Å². The molecule has 0 spiro atoms. The van der Waals surface area contributed by atoms with Gasteiger partial charge in [-0.2, -0.15) is 4.68 Å². The maximum absolute atomic E-state index is 12.5. The van der Waals surface area contributed by atoms with Crippen LogP contribution in [0, 0.1) is 0 Å². The lowest BCUT2D eigenvalue weighted by Gasteiger charge is -2.07. The molecule has 10 nitrogen and oxygen atoms in total. The highest BCUT2D eigenvalue weighted by molar-refractivity contribution is 7.98. The predicted octanol–water partition coefficient (Wildman–Crippen LogP) is 2.90. The Morgan fingerprint density at radius 2 is 2.10 bits per heavy atom. The van der Waals surface area contributed by atoms with Crippen LogP contribution in [0.25, 0.3) is 27.8 Å². The first-order valence-corrected chi connectivity index (χ1v) is 10.3. The van der Waals surface area contributed by atoms with Crippen LogP contribution in [0.4, 0.5) is 5.69 Å². The first-order chi connectivity index (χ1) is 15.1. The van der Waals surface area contributed by atoms with Gasteiger partial charge in [0.15, 0.2) is 0 Å². The van der Waals surface area contributed by atoms with E-state index in [1.54, 1.807) is 28.9 Å². The van der Waals surface area contributed by atoms with Crippen LogP contribution in [-0.4, -0.2) is 36.1 Å². The molecule has 0 saturated heterocycles. The van der Waals surface area contributed by atoms with Crippen molar-refractivity contribution in [3.05, 3.63) is 64.7 Å². The summed E-state index contributed by atoms with van der Waals surface area (Å²) in [6.07, 6.45) is 0. The van der Waals surface area contributed by atoms with Crippen LogP contribution < -0.4 is 10.9 Å². The second-order valence-electron chi connectivity index (χ2n) is 6.68. The molecule has 0 unspecified atom stereocenters. The summed E-state index contributed by atoms with van der Waals surface area (Å²) < 4.78 is 7.18. The minimum Gasteiger partial charge on any atom is -0.449 e. The Bertz CT molecular complexity index is 1490. The Hall–Kier alpha value is -3.99. The lowest BCUT2D eigenvalue weighted by molar-refractivity contribution is -0.114. The fourth-order valence-electron chi connectivity index (χ4n) is 3.20. The summed E-state index contributed by atoms with van der Waals surface area (Å²) in [6, 6.07) is 14.6. The molecule has 0 saturated carbocycles. The number of thioether (sulfide) groups is 1. The van der Waals surface area contributed by atoms with Crippen LogP contribution in [0.15, 0.2) is 62.9 Å². The number of rotatable bonds is 5. The highest BCUT2D eigenvalue weighted by Crippen LogP contribution is 2.26. The summed E-state index contributed by atoms with van der Waals surface area (Å²) in [5.41, 5.74) is 2.34. The lowest BCUT2D eigenvalue weighted by atomic mass is 10.2. The van der Waals surface area contributed by atoms with E-state index in [1.807, 2.05) is 24.3 Å². The maximum atomic E-state index is 12.5. The molecule has 11 heteroatoms. The number of nitrogens with one attached hydrogen (secondary N) is 2. The summed E-state index contributed by atoms with van der Waals surface area (Å²) in [5.74, 6) is 0.660. The van der Waals surface area contributed by atoms with Crippen LogP contribution in [0.5, 0.6) is 0 Å². The molecule has 5 rings (SSSR count). The summed E-state index contributed by atoms with van der Waals surface area (Å²) in [6.45, 7) is 1.44. The van der Waals surface area contributed by atoms with E-state index in [-0.39, 0.29) is 17.0 Å². The van der Waals surface area contributed by atoms with E-state index in [1.165, 1.54) is 18.7 Å². The van der Waals surface area contributed by atoms with Gasteiger partial charge in [-0.1, -0.05) is 30.0 Å². The molecule has 0 aliphatic carbocycles. The van der Waals surface area contributed by atoms with Gasteiger partial charge in [0.05, 0.1) is 11.4 Å². The van der Waals surface area contributed by atoms with Gasteiger partial charge in [-0.3, -0.25) is 9.59 Å². The largest absolute Gasteiger partial charge is 0.449 e. The number of aromatic nitrogens is 6. The first-order valence-electron chi connectivity index (χ1n) is 9.28.